The lowest BCUT2D eigenvalue weighted by atomic mass is 9.47. The van der Waals surface area contributed by atoms with E-state index in [0.29, 0.717) is 0 Å². The molecule has 0 radical (unpaired) electrons. The monoisotopic (exact) mass is 558 g/mol. The van der Waals surface area contributed by atoms with Crippen molar-refractivity contribution >= 4 is 30.0 Å². The number of fused-ring (bicyclic) bond motifs is 1. The zero-order valence-corrected chi connectivity index (χ0v) is 23.8. The van der Waals surface area contributed by atoms with Crippen molar-refractivity contribution < 1.29 is 48.0 Å². The molecule has 2 bridgehead atoms. The van der Waals surface area contributed by atoms with Crippen LogP contribution in [0.1, 0.15) is 66.4 Å². The van der Waals surface area contributed by atoms with E-state index in [2.05, 4.69) is 0 Å². The maximum Gasteiger partial charge on any atom is 0.331 e. The summed E-state index contributed by atoms with van der Waals surface area (Å²) in [7, 11) is 0. The summed E-state index contributed by atoms with van der Waals surface area (Å²) >= 11 is 0. The highest BCUT2D eigenvalue weighted by Crippen LogP contribution is 2.68. The predicted molar refractivity (Wildman–Crippen MR) is 141 cm³/mol. The van der Waals surface area contributed by atoms with Crippen LogP contribution in [0.25, 0.3) is 6.08 Å². The Balaban J connectivity index is 1.91. The number of ether oxygens (including phenoxy) is 5. The van der Waals surface area contributed by atoms with Crippen molar-refractivity contribution in [3.05, 3.63) is 42.0 Å². The average Bonchev–Trinajstić information content (AvgIpc) is 3.02. The van der Waals surface area contributed by atoms with E-state index in [1.165, 1.54) is 26.8 Å². The number of hydrogen-bond acceptors (Lipinski definition) is 10. The zero-order chi connectivity index (χ0) is 29.5. The predicted octanol–water partition coefficient (Wildman–Crippen LogP) is 3.14. The van der Waals surface area contributed by atoms with Crippen LogP contribution in [0.2, 0.25) is 0 Å². The van der Waals surface area contributed by atoms with Gasteiger partial charge in [0.1, 0.15) is 30.3 Å². The molecule has 3 fully saturated rings. The topological polar surface area (TPSA) is 135 Å². The molecule has 1 aromatic rings. The van der Waals surface area contributed by atoms with Crippen molar-refractivity contribution in [3.63, 3.8) is 0 Å². The highest BCUT2D eigenvalue weighted by molar-refractivity contribution is 5.87. The van der Waals surface area contributed by atoms with Gasteiger partial charge in [-0.1, -0.05) is 30.3 Å². The number of carbonyl (C=O) groups excluding carboxylic acids is 4. The lowest BCUT2D eigenvalue weighted by Crippen LogP contribution is -2.81. The largest absolute Gasteiger partial charge is 0.465 e. The van der Waals surface area contributed by atoms with Gasteiger partial charge in [-0.2, -0.15) is 0 Å². The second-order valence-electron chi connectivity index (χ2n) is 11.7. The molecule has 3 aliphatic rings. The van der Waals surface area contributed by atoms with E-state index in [1.54, 1.807) is 13.0 Å². The second-order valence-corrected chi connectivity index (χ2v) is 11.7. The van der Waals surface area contributed by atoms with E-state index in [4.69, 9.17) is 23.7 Å². The van der Waals surface area contributed by atoms with Crippen LogP contribution < -0.4 is 0 Å². The molecule has 1 heterocycles. The molecule has 7 unspecified atom stereocenters. The van der Waals surface area contributed by atoms with Crippen molar-refractivity contribution in [2.75, 3.05) is 6.61 Å². The quantitative estimate of drug-likeness (QED) is 0.302. The van der Waals surface area contributed by atoms with Gasteiger partial charge >= 0.3 is 23.9 Å². The van der Waals surface area contributed by atoms with Crippen molar-refractivity contribution in [1.29, 1.82) is 0 Å². The molecule has 40 heavy (non-hydrogen) atoms. The molecule has 1 aliphatic heterocycles. The van der Waals surface area contributed by atoms with Gasteiger partial charge in [0.15, 0.2) is 5.60 Å². The first-order valence-corrected chi connectivity index (χ1v) is 13.5. The first-order valence-electron chi connectivity index (χ1n) is 13.5. The Morgan fingerprint density at radius 1 is 0.950 bits per heavy atom. The maximum atomic E-state index is 13.3. The van der Waals surface area contributed by atoms with E-state index in [9.17, 15) is 24.3 Å². The first kappa shape index (κ1) is 29.7. The van der Waals surface area contributed by atoms with Crippen LogP contribution in [0.5, 0.6) is 0 Å². The summed E-state index contributed by atoms with van der Waals surface area (Å²) in [5, 5.41) is 12.1. The molecule has 10 nitrogen and oxygen atoms in total. The van der Waals surface area contributed by atoms with E-state index < -0.39 is 76.9 Å². The summed E-state index contributed by atoms with van der Waals surface area (Å²) < 4.78 is 30.2. The molecular weight excluding hydrogens is 520 g/mol. The molecule has 2 saturated carbocycles. The molecular formula is C30H38O10. The summed E-state index contributed by atoms with van der Waals surface area (Å²) in [6, 6.07) is 9.19. The summed E-state index contributed by atoms with van der Waals surface area (Å²) in [6.45, 7) is 8.50. The van der Waals surface area contributed by atoms with E-state index in [-0.39, 0.29) is 19.3 Å². The van der Waals surface area contributed by atoms with E-state index >= 15 is 0 Å². The highest BCUT2D eigenvalue weighted by atomic mass is 16.6. The summed E-state index contributed by atoms with van der Waals surface area (Å²) in [5.74, 6) is -3.03. The van der Waals surface area contributed by atoms with Gasteiger partial charge in [-0.15, -0.1) is 0 Å². The Kier molecular flexibility index (Phi) is 7.90. The molecule has 4 rings (SSSR count). The van der Waals surface area contributed by atoms with Crippen molar-refractivity contribution in [2.24, 2.45) is 11.3 Å². The molecule has 1 spiro atoms. The molecule has 7 atom stereocenters. The van der Waals surface area contributed by atoms with Crippen molar-refractivity contribution in [1.82, 2.24) is 0 Å². The van der Waals surface area contributed by atoms with Gasteiger partial charge < -0.3 is 28.8 Å². The Hall–Kier alpha value is -3.24. The number of rotatable bonds is 7. The zero-order valence-electron chi connectivity index (χ0n) is 23.8. The average molecular weight is 559 g/mol. The minimum atomic E-state index is -1.76. The normalized spacial score (nSPS) is 35.9. The van der Waals surface area contributed by atoms with Gasteiger partial charge in [0, 0.05) is 32.8 Å². The van der Waals surface area contributed by atoms with Crippen LogP contribution in [0.3, 0.4) is 0 Å². The van der Waals surface area contributed by atoms with Crippen LogP contribution in [0.4, 0.5) is 0 Å². The second kappa shape index (κ2) is 10.6. The third kappa shape index (κ3) is 4.92. The third-order valence-electron chi connectivity index (χ3n) is 8.67. The smallest absolute Gasteiger partial charge is 0.331 e. The van der Waals surface area contributed by atoms with Crippen molar-refractivity contribution in [3.8, 4) is 0 Å². The van der Waals surface area contributed by atoms with E-state index in [1.807, 2.05) is 44.2 Å². The summed E-state index contributed by atoms with van der Waals surface area (Å²) in [6.07, 6.45) is 0.229. The van der Waals surface area contributed by atoms with Gasteiger partial charge in [-0.05, 0) is 51.7 Å². The molecule has 2 aliphatic carbocycles. The SMILES string of the molecule is CC(=O)OCC12C(OC(C)=O)CCC(C)(O)C13OC(C)(C)C(CC2OC(=O)C=Cc1ccccc1)C3OC(C)=O. The minimum Gasteiger partial charge on any atom is -0.465 e. The Morgan fingerprint density at radius 3 is 2.20 bits per heavy atom. The molecule has 1 N–H and O–H groups in total. The molecule has 218 valence electrons. The summed E-state index contributed by atoms with van der Waals surface area (Å²) in [4.78, 5) is 50.2. The Morgan fingerprint density at radius 2 is 1.60 bits per heavy atom. The van der Waals surface area contributed by atoms with Gasteiger partial charge in [-0.25, -0.2) is 4.79 Å². The standard InChI is InChI=1S/C30H38O10/c1-18(31)36-17-29-23(37-19(2)32)14-15-28(6,35)30(29)26(38-20(3)33)22(27(4,5)40-30)16-24(29)39-25(34)13-12-21-10-8-7-9-11-21/h7-13,22-24,26,35H,14-17H2,1-6H3. The fourth-order valence-electron chi connectivity index (χ4n) is 7.15. The van der Waals surface area contributed by atoms with Gasteiger partial charge in [0.25, 0.3) is 0 Å². The van der Waals surface area contributed by atoms with Gasteiger partial charge in [-0.3, -0.25) is 14.4 Å². The van der Waals surface area contributed by atoms with Crippen LogP contribution >= 0.6 is 0 Å². The lowest BCUT2D eigenvalue weighted by Gasteiger charge is -2.64. The van der Waals surface area contributed by atoms with Crippen LogP contribution in [0.15, 0.2) is 36.4 Å². The highest BCUT2D eigenvalue weighted by Gasteiger charge is 2.84. The molecule has 10 heteroatoms. The fourth-order valence-corrected chi connectivity index (χ4v) is 7.15. The maximum absolute atomic E-state index is 13.3. The van der Waals surface area contributed by atoms with Gasteiger partial charge in [0.05, 0.1) is 11.2 Å². The Labute approximate surface area is 233 Å². The summed E-state index contributed by atoms with van der Waals surface area (Å²) in [5.41, 5.74) is -5.23. The van der Waals surface area contributed by atoms with Crippen LogP contribution in [0, 0.1) is 11.3 Å². The van der Waals surface area contributed by atoms with Crippen LogP contribution in [-0.4, -0.2) is 70.7 Å². The van der Waals surface area contributed by atoms with Crippen molar-refractivity contribution in [2.45, 2.75) is 95.9 Å². The molecule has 0 amide bonds. The fraction of sp³-hybridized carbons (Fsp3) is 0.600. The lowest BCUT2D eigenvalue weighted by molar-refractivity contribution is -0.341. The van der Waals surface area contributed by atoms with E-state index in [0.717, 1.165) is 5.56 Å². The number of aliphatic hydroxyl groups is 1. The third-order valence-corrected chi connectivity index (χ3v) is 8.67. The van der Waals surface area contributed by atoms with Gasteiger partial charge in [0.2, 0.25) is 0 Å². The number of esters is 4. The number of hydrogen-bond donors (Lipinski definition) is 1. The number of benzene rings is 1. The molecule has 1 aromatic carbocycles. The molecule has 1 saturated heterocycles. The molecule has 0 aromatic heterocycles. The Bertz CT molecular complexity index is 1190. The first-order chi connectivity index (χ1) is 18.7. The minimum absolute atomic E-state index is 0.113. The van der Waals surface area contributed by atoms with Crippen LogP contribution in [-0.2, 0) is 42.9 Å². The number of carbonyl (C=O) groups is 4.